The highest BCUT2D eigenvalue weighted by Crippen LogP contribution is 2.14. The predicted molar refractivity (Wildman–Crippen MR) is 109 cm³/mol. The third kappa shape index (κ3) is 5.50. The average Bonchev–Trinajstić information content (AvgIpc) is 2.66. The Morgan fingerprint density at radius 3 is 2.14 bits per heavy atom. The van der Waals surface area contributed by atoms with Gasteiger partial charge in [0.2, 0.25) is 15.9 Å². The summed E-state index contributed by atoms with van der Waals surface area (Å²) >= 11 is 0. The Labute approximate surface area is 166 Å². The molecule has 28 heavy (non-hydrogen) atoms. The summed E-state index contributed by atoms with van der Waals surface area (Å²) in [6.45, 7) is 4.21. The summed E-state index contributed by atoms with van der Waals surface area (Å²) in [7, 11) is -0.517. The Morgan fingerprint density at radius 2 is 1.57 bits per heavy atom. The molecule has 0 aliphatic heterocycles. The van der Waals surface area contributed by atoms with E-state index in [1.165, 1.54) is 26.2 Å². The van der Waals surface area contributed by atoms with Crippen molar-refractivity contribution >= 4 is 21.7 Å². The number of nitrogens with one attached hydrogen (secondary N) is 1. The summed E-state index contributed by atoms with van der Waals surface area (Å²) in [5.41, 5.74) is 3.58. The van der Waals surface area contributed by atoms with Gasteiger partial charge in [-0.05, 0) is 48.7 Å². The van der Waals surface area contributed by atoms with Gasteiger partial charge < -0.3 is 5.32 Å². The number of benzene rings is 2. The molecule has 150 valence electrons. The minimum Gasteiger partial charge on any atom is -0.352 e. The first-order valence-electron chi connectivity index (χ1n) is 9.00. The summed E-state index contributed by atoms with van der Waals surface area (Å²) in [4.78, 5) is 24.5. The lowest BCUT2D eigenvalue weighted by Gasteiger charge is -2.12. The lowest BCUT2D eigenvalue weighted by Crippen LogP contribution is -2.24. The zero-order chi connectivity index (χ0) is 20.9. The molecule has 0 radical (unpaired) electrons. The average molecular weight is 403 g/mol. The first kappa shape index (κ1) is 21.8. The van der Waals surface area contributed by atoms with Crippen LogP contribution >= 0.6 is 0 Å². The largest absolute Gasteiger partial charge is 0.352 e. The van der Waals surface area contributed by atoms with E-state index in [1.807, 2.05) is 26.0 Å². The fraction of sp³-hybridized carbons (Fsp3) is 0.333. The Bertz CT molecular complexity index is 964. The molecule has 0 aromatic heterocycles. The van der Waals surface area contributed by atoms with Crippen LogP contribution in [-0.2, 0) is 21.4 Å². The summed E-state index contributed by atoms with van der Waals surface area (Å²) in [5.74, 6) is -0.279. The van der Waals surface area contributed by atoms with Gasteiger partial charge in [-0.1, -0.05) is 24.3 Å². The maximum absolute atomic E-state index is 12.2. The minimum atomic E-state index is -3.47. The van der Waals surface area contributed by atoms with Crippen molar-refractivity contribution in [2.24, 2.45) is 0 Å². The first-order valence-corrected chi connectivity index (χ1v) is 10.4. The molecule has 0 aliphatic carbocycles. The zero-order valence-corrected chi connectivity index (χ0v) is 17.5. The number of sulfonamides is 1. The van der Waals surface area contributed by atoms with E-state index in [2.05, 4.69) is 5.32 Å². The van der Waals surface area contributed by atoms with Gasteiger partial charge in [0.25, 0.3) is 0 Å². The fourth-order valence-corrected chi connectivity index (χ4v) is 3.47. The van der Waals surface area contributed by atoms with Crippen molar-refractivity contribution in [1.29, 1.82) is 0 Å². The van der Waals surface area contributed by atoms with Gasteiger partial charge in [-0.2, -0.15) is 0 Å². The predicted octanol–water partition coefficient (Wildman–Crippen LogP) is 2.83. The van der Waals surface area contributed by atoms with Gasteiger partial charge >= 0.3 is 0 Å². The van der Waals surface area contributed by atoms with Crippen LogP contribution in [-0.4, -0.2) is 38.5 Å². The maximum Gasteiger partial charge on any atom is 0.242 e. The number of hydrogen-bond acceptors (Lipinski definition) is 4. The molecule has 0 spiro atoms. The summed E-state index contributed by atoms with van der Waals surface area (Å²) in [5, 5.41) is 2.76. The van der Waals surface area contributed by atoms with Crippen LogP contribution in [0.5, 0.6) is 0 Å². The highest BCUT2D eigenvalue weighted by molar-refractivity contribution is 7.89. The second kappa shape index (κ2) is 9.12. The molecule has 1 N–H and O–H groups in total. The number of carbonyl (C=O) groups is 2. The molecule has 0 bridgehead atoms. The van der Waals surface area contributed by atoms with E-state index in [9.17, 15) is 18.0 Å². The van der Waals surface area contributed by atoms with Crippen LogP contribution < -0.4 is 5.32 Å². The van der Waals surface area contributed by atoms with Crippen LogP contribution in [0.2, 0.25) is 0 Å². The summed E-state index contributed by atoms with van der Waals surface area (Å²) < 4.78 is 25.2. The van der Waals surface area contributed by atoms with Gasteiger partial charge in [-0.15, -0.1) is 0 Å². The molecule has 2 aromatic carbocycles. The third-order valence-electron chi connectivity index (χ3n) is 4.60. The van der Waals surface area contributed by atoms with Crippen LogP contribution in [0.3, 0.4) is 0 Å². The molecule has 0 atom stereocenters. The molecular weight excluding hydrogens is 376 g/mol. The van der Waals surface area contributed by atoms with Crippen LogP contribution in [0.25, 0.3) is 0 Å². The Hall–Kier alpha value is -2.51. The van der Waals surface area contributed by atoms with Gasteiger partial charge in [0.1, 0.15) is 0 Å². The van der Waals surface area contributed by atoms with Crippen molar-refractivity contribution in [1.82, 2.24) is 9.62 Å². The van der Waals surface area contributed by atoms with Gasteiger partial charge in [0.05, 0.1) is 4.90 Å². The number of carbonyl (C=O) groups excluding carboxylic acids is 2. The molecule has 2 rings (SSSR count). The molecule has 0 heterocycles. The molecule has 6 nitrogen and oxygen atoms in total. The number of nitrogens with zero attached hydrogens (tertiary/aromatic N) is 1. The van der Waals surface area contributed by atoms with Crippen LogP contribution in [0.15, 0.2) is 47.4 Å². The van der Waals surface area contributed by atoms with Crippen LogP contribution in [0.4, 0.5) is 0 Å². The quantitative estimate of drug-likeness (QED) is 0.688. The number of hydrogen-bond donors (Lipinski definition) is 1. The number of Topliss-reactive ketones (excluding diaryl/α,β-unsaturated/α-hetero) is 1. The topological polar surface area (TPSA) is 83.5 Å². The van der Waals surface area contributed by atoms with Crippen molar-refractivity contribution in [3.63, 3.8) is 0 Å². The molecule has 0 unspecified atom stereocenters. The second-order valence-corrected chi connectivity index (χ2v) is 9.08. The lowest BCUT2D eigenvalue weighted by atomic mass is 10.0. The number of ketones is 1. The molecule has 0 fully saturated rings. The molecular formula is C21H26N2O4S. The van der Waals surface area contributed by atoms with Crippen molar-refractivity contribution in [2.45, 2.75) is 38.1 Å². The van der Waals surface area contributed by atoms with Crippen LogP contribution in [0, 0.1) is 13.8 Å². The van der Waals surface area contributed by atoms with Gasteiger partial charge in [-0.25, -0.2) is 12.7 Å². The Balaban J connectivity index is 1.85. The Morgan fingerprint density at radius 1 is 0.929 bits per heavy atom. The van der Waals surface area contributed by atoms with Crippen molar-refractivity contribution in [3.05, 3.63) is 64.7 Å². The first-order chi connectivity index (χ1) is 13.1. The van der Waals surface area contributed by atoms with E-state index in [1.54, 1.807) is 18.2 Å². The number of amides is 1. The molecule has 0 saturated heterocycles. The van der Waals surface area contributed by atoms with Gasteiger partial charge in [0.15, 0.2) is 5.78 Å². The normalized spacial score (nSPS) is 11.5. The monoisotopic (exact) mass is 402 g/mol. The van der Waals surface area contributed by atoms with Crippen LogP contribution in [0.1, 0.15) is 39.9 Å². The molecule has 2 aromatic rings. The second-order valence-electron chi connectivity index (χ2n) is 6.93. The fourth-order valence-electron chi connectivity index (χ4n) is 2.57. The van der Waals surface area contributed by atoms with Gasteiger partial charge in [0, 0.05) is 39.0 Å². The van der Waals surface area contributed by atoms with Crippen molar-refractivity contribution in [2.75, 3.05) is 14.1 Å². The van der Waals surface area contributed by atoms with E-state index < -0.39 is 10.0 Å². The number of rotatable bonds is 8. The molecule has 0 saturated carbocycles. The summed E-state index contributed by atoms with van der Waals surface area (Å²) in [6, 6.07) is 11.9. The Kier molecular flexibility index (Phi) is 7.10. The molecule has 7 heteroatoms. The standard InChI is InChI=1S/C21H26N2O4S/c1-15-5-8-18(13-16(15)2)20(24)11-12-21(25)22-14-17-6-9-19(10-7-17)28(26,27)23(3)4/h5-10,13H,11-12,14H2,1-4H3,(H,22,25). The highest BCUT2D eigenvalue weighted by Gasteiger charge is 2.16. The lowest BCUT2D eigenvalue weighted by molar-refractivity contribution is -0.121. The minimum absolute atomic E-state index is 0.0588. The van der Waals surface area contributed by atoms with E-state index in [0.29, 0.717) is 5.56 Å². The molecule has 0 aliphatic rings. The maximum atomic E-state index is 12.2. The third-order valence-corrected chi connectivity index (χ3v) is 6.43. The number of aryl methyl sites for hydroxylation is 2. The SMILES string of the molecule is Cc1ccc(C(=O)CCC(=O)NCc2ccc(S(=O)(=O)N(C)C)cc2)cc1C. The molecule has 1 amide bonds. The van der Waals surface area contributed by atoms with E-state index in [0.717, 1.165) is 21.0 Å². The van der Waals surface area contributed by atoms with E-state index in [4.69, 9.17) is 0 Å². The summed E-state index contributed by atoms with van der Waals surface area (Å²) in [6.07, 6.45) is 0.257. The highest BCUT2D eigenvalue weighted by atomic mass is 32.2. The van der Waals surface area contributed by atoms with E-state index >= 15 is 0 Å². The van der Waals surface area contributed by atoms with E-state index in [-0.39, 0.29) is 36.0 Å². The van der Waals surface area contributed by atoms with Crippen molar-refractivity contribution in [3.8, 4) is 0 Å². The smallest absolute Gasteiger partial charge is 0.242 e. The van der Waals surface area contributed by atoms with Crippen molar-refractivity contribution < 1.29 is 18.0 Å². The van der Waals surface area contributed by atoms with Gasteiger partial charge in [-0.3, -0.25) is 9.59 Å². The zero-order valence-electron chi connectivity index (χ0n) is 16.7.